The maximum absolute atomic E-state index is 12.1. The van der Waals surface area contributed by atoms with E-state index >= 15 is 0 Å². The molecule has 0 saturated carbocycles. The van der Waals surface area contributed by atoms with Crippen LogP contribution in [0.15, 0.2) is 29.6 Å². The topological polar surface area (TPSA) is 76.1 Å². The zero-order chi connectivity index (χ0) is 17.0. The lowest BCUT2D eigenvalue weighted by molar-refractivity contribution is -0.115. The molecule has 0 radical (unpaired) electrons. The maximum atomic E-state index is 12.1. The molecule has 124 valence electrons. The van der Waals surface area contributed by atoms with Crippen molar-refractivity contribution in [3.63, 3.8) is 0 Å². The van der Waals surface area contributed by atoms with Crippen molar-refractivity contribution in [1.82, 2.24) is 4.98 Å². The van der Waals surface area contributed by atoms with Gasteiger partial charge in [0.05, 0.1) is 11.4 Å². The second-order valence-corrected chi connectivity index (χ2v) is 9.59. The summed E-state index contributed by atoms with van der Waals surface area (Å²) in [7, 11) is -3.42. The van der Waals surface area contributed by atoms with Crippen LogP contribution < -0.4 is 5.32 Å². The highest BCUT2D eigenvalue weighted by Gasteiger charge is 2.27. The Kier molecular flexibility index (Phi) is 6.15. The van der Waals surface area contributed by atoms with Crippen molar-refractivity contribution in [2.45, 2.75) is 25.5 Å². The summed E-state index contributed by atoms with van der Waals surface area (Å²) in [6.45, 7) is 3.18. The van der Waals surface area contributed by atoms with Gasteiger partial charge in [0, 0.05) is 14.5 Å². The van der Waals surface area contributed by atoms with E-state index in [0.717, 1.165) is 14.8 Å². The summed E-state index contributed by atoms with van der Waals surface area (Å²) in [5.41, 5.74) is 1.71. The number of benzene rings is 1. The molecule has 1 heterocycles. The van der Waals surface area contributed by atoms with Crippen molar-refractivity contribution in [2.75, 3.05) is 11.1 Å². The van der Waals surface area contributed by atoms with Gasteiger partial charge in [0.25, 0.3) is 0 Å². The lowest BCUT2D eigenvalue weighted by Gasteiger charge is -2.11. The molecule has 2 rings (SSSR count). The highest BCUT2D eigenvalue weighted by atomic mass is 127. The summed E-state index contributed by atoms with van der Waals surface area (Å²) in [5, 5.41) is 3.76. The Hall–Kier alpha value is -1.000. The Balaban J connectivity index is 2.10. The standard InChI is InChI=1S/C15H17IN2O3S2/c1-3-8-23(20,21)10(2)14(19)18-15-17-13(9-22-15)11-4-6-12(16)7-5-11/h4-7,9-10H,3,8H2,1-2H3,(H,17,18,19). The quantitative estimate of drug-likeness (QED) is 0.664. The van der Waals surface area contributed by atoms with Gasteiger partial charge in [-0.05, 0) is 48.1 Å². The van der Waals surface area contributed by atoms with Gasteiger partial charge in [-0.2, -0.15) is 0 Å². The lowest BCUT2D eigenvalue weighted by atomic mass is 10.2. The molecular weight excluding hydrogens is 447 g/mol. The third-order valence-electron chi connectivity index (χ3n) is 3.27. The van der Waals surface area contributed by atoms with E-state index in [2.05, 4.69) is 32.9 Å². The molecule has 0 bridgehead atoms. The van der Waals surface area contributed by atoms with Gasteiger partial charge in [0.2, 0.25) is 5.91 Å². The fourth-order valence-electron chi connectivity index (χ4n) is 1.92. The number of carbonyl (C=O) groups is 1. The Morgan fingerprint density at radius 1 is 1.35 bits per heavy atom. The molecule has 0 fully saturated rings. The van der Waals surface area contributed by atoms with E-state index in [1.807, 2.05) is 29.6 Å². The van der Waals surface area contributed by atoms with E-state index in [9.17, 15) is 13.2 Å². The summed E-state index contributed by atoms with van der Waals surface area (Å²) < 4.78 is 25.0. The molecule has 1 unspecified atom stereocenters. The molecule has 1 amide bonds. The molecule has 1 aromatic heterocycles. The second kappa shape index (κ2) is 7.71. The molecule has 0 aliphatic rings. The van der Waals surface area contributed by atoms with Gasteiger partial charge in [-0.3, -0.25) is 4.79 Å². The molecule has 0 aliphatic carbocycles. The highest BCUT2D eigenvalue weighted by Crippen LogP contribution is 2.25. The number of carbonyl (C=O) groups excluding carboxylic acids is 1. The molecule has 5 nitrogen and oxygen atoms in total. The summed E-state index contributed by atoms with van der Waals surface area (Å²) in [4.78, 5) is 16.4. The largest absolute Gasteiger partial charge is 0.301 e. The molecule has 0 saturated heterocycles. The Labute approximate surface area is 153 Å². The Morgan fingerprint density at radius 3 is 2.61 bits per heavy atom. The van der Waals surface area contributed by atoms with E-state index in [0.29, 0.717) is 11.6 Å². The monoisotopic (exact) mass is 464 g/mol. The first kappa shape index (κ1) is 18.3. The third kappa shape index (κ3) is 4.74. The van der Waals surface area contributed by atoms with Crippen LogP contribution in [0.1, 0.15) is 20.3 Å². The zero-order valence-electron chi connectivity index (χ0n) is 12.7. The van der Waals surface area contributed by atoms with Crippen molar-refractivity contribution in [2.24, 2.45) is 0 Å². The average molecular weight is 464 g/mol. The number of nitrogens with zero attached hydrogens (tertiary/aromatic N) is 1. The molecule has 1 aromatic carbocycles. The predicted octanol–water partition coefficient (Wildman–Crippen LogP) is 3.57. The van der Waals surface area contributed by atoms with E-state index in [1.54, 1.807) is 6.92 Å². The van der Waals surface area contributed by atoms with E-state index in [4.69, 9.17) is 0 Å². The van der Waals surface area contributed by atoms with Crippen molar-refractivity contribution in [1.29, 1.82) is 0 Å². The Morgan fingerprint density at radius 2 is 2.00 bits per heavy atom. The fourth-order valence-corrected chi connectivity index (χ4v) is 4.31. The van der Waals surface area contributed by atoms with Gasteiger partial charge in [0.1, 0.15) is 5.25 Å². The van der Waals surface area contributed by atoms with Crippen molar-refractivity contribution < 1.29 is 13.2 Å². The van der Waals surface area contributed by atoms with Gasteiger partial charge in [-0.25, -0.2) is 13.4 Å². The lowest BCUT2D eigenvalue weighted by Crippen LogP contribution is -2.34. The number of nitrogens with one attached hydrogen (secondary N) is 1. The average Bonchev–Trinajstić information content (AvgIpc) is 2.95. The van der Waals surface area contributed by atoms with Gasteiger partial charge in [-0.15, -0.1) is 11.3 Å². The van der Waals surface area contributed by atoms with Crippen molar-refractivity contribution >= 4 is 54.8 Å². The minimum atomic E-state index is -3.42. The van der Waals surface area contributed by atoms with E-state index < -0.39 is 21.0 Å². The van der Waals surface area contributed by atoms with Crippen LogP contribution in [0, 0.1) is 3.57 Å². The molecule has 0 spiro atoms. The van der Waals surface area contributed by atoms with E-state index in [1.165, 1.54) is 18.3 Å². The first-order chi connectivity index (χ1) is 10.8. The van der Waals surface area contributed by atoms with Crippen LogP contribution in [0.25, 0.3) is 11.3 Å². The number of thiazole rings is 1. The number of sulfone groups is 1. The summed E-state index contributed by atoms with van der Waals surface area (Å²) >= 11 is 3.51. The number of hydrogen-bond acceptors (Lipinski definition) is 5. The smallest absolute Gasteiger partial charge is 0.244 e. The van der Waals surface area contributed by atoms with E-state index in [-0.39, 0.29) is 5.75 Å². The molecule has 1 N–H and O–H groups in total. The maximum Gasteiger partial charge on any atom is 0.244 e. The number of hydrogen-bond donors (Lipinski definition) is 1. The SMILES string of the molecule is CCCS(=O)(=O)C(C)C(=O)Nc1nc(-c2ccc(I)cc2)cs1. The Bertz CT molecular complexity index is 785. The number of halogens is 1. The molecule has 2 aromatic rings. The van der Waals surface area contributed by atoms with Gasteiger partial charge in [-0.1, -0.05) is 19.1 Å². The minimum absolute atomic E-state index is 0.00730. The third-order valence-corrected chi connectivity index (χ3v) is 7.02. The van der Waals surface area contributed by atoms with Crippen molar-refractivity contribution in [3.05, 3.63) is 33.2 Å². The van der Waals surface area contributed by atoms with Crippen molar-refractivity contribution in [3.8, 4) is 11.3 Å². The molecule has 8 heteroatoms. The minimum Gasteiger partial charge on any atom is -0.301 e. The van der Waals surface area contributed by atoms with Crippen LogP contribution in [0.5, 0.6) is 0 Å². The van der Waals surface area contributed by atoms with Gasteiger partial charge in [0.15, 0.2) is 15.0 Å². The predicted molar refractivity (Wildman–Crippen MR) is 102 cm³/mol. The second-order valence-electron chi connectivity index (χ2n) is 5.04. The van der Waals surface area contributed by atoms with Crippen LogP contribution in [0.4, 0.5) is 5.13 Å². The van der Waals surface area contributed by atoms with Crippen LogP contribution in [0.3, 0.4) is 0 Å². The summed E-state index contributed by atoms with van der Waals surface area (Å²) in [6, 6.07) is 7.87. The first-order valence-electron chi connectivity index (χ1n) is 7.07. The normalized spacial score (nSPS) is 12.8. The number of rotatable bonds is 6. The van der Waals surface area contributed by atoms with Crippen LogP contribution in [-0.4, -0.2) is 30.3 Å². The van der Waals surface area contributed by atoms with Gasteiger partial charge >= 0.3 is 0 Å². The molecule has 1 atom stereocenters. The zero-order valence-corrected chi connectivity index (χ0v) is 16.5. The fraction of sp³-hybridized carbons (Fsp3) is 0.333. The molecule has 23 heavy (non-hydrogen) atoms. The van der Waals surface area contributed by atoms with Gasteiger partial charge < -0.3 is 5.32 Å². The number of amides is 1. The van der Waals surface area contributed by atoms with Crippen LogP contribution in [0.2, 0.25) is 0 Å². The van der Waals surface area contributed by atoms with Crippen LogP contribution >= 0.6 is 33.9 Å². The highest BCUT2D eigenvalue weighted by molar-refractivity contribution is 14.1. The van der Waals surface area contributed by atoms with Crippen LogP contribution in [-0.2, 0) is 14.6 Å². The summed E-state index contributed by atoms with van der Waals surface area (Å²) in [5.74, 6) is -0.533. The number of anilines is 1. The summed E-state index contributed by atoms with van der Waals surface area (Å²) in [6.07, 6.45) is 0.494. The first-order valence-corrected chi connectivity index (χ1v) is 10.7. The number of aromatic nitrogens is 1. The molecule has 0 aliphatic heterocycles. The molecular formula is C15H17IN2O3S2.